The Morgan fingerprint density at radius 2 is 1.58 bits per heavy atom. The van der Waals surface area contributed by atoms with E-state index in [1.54, 1.807) is 42.5 Å². The lowest BCUT2D eigenvalue weighted by atomic mass is 9.49. The third-order valence-corrected chi connectivity index (χ3v) is 11.7. The standard InChI is InChI=1S/C43H41N3O7/c1-3-53-36-23-27(13-20-35(36)48)38-31-18-19-32-37(41(51)45(39(32)49)22-21-26-11-16-30(47)17-12-26)33(31)24-34-40(50)46(44-29-14-9-25(2)10-15-29)42(52)43(34,38)28-7-5-4-6-8-28/h4-18,20,23,32-34,37-38,44,47-48H,3,19,21-22,24H2,1-2H3/t32-,33+,34-,37-,38-,43+/m0/s1. The van der Waals surface area contributed by atoms with Crippen molar-refractivity contribution in [1.29, 1.82) is 0 Å². The fraction of sp³-hybridized carbons (Fsp3) is 0.302. The van der Waals surface area contributed by atoms with Crippen LogP contribution in [0.2, 0.25) is 0 Å². The molecular formula is C43H41N3O7. The Balaban J connectivity index is 1.26. The number of hydrogen-bond acceptors (Lipinski definition) is 8. The number of aryl methyl sites for hydroxylation is 1. The zero-order valence-electron chi connectivity index (χ0n) is 29.6. The van der Waals surface area contributed by atoms with Gasteiger partial charge in [-0.1, -0.05) is 77.9 Å². The summed E-state index contributed by atoms with van der Waals surface area (Å²) in [6.07, 6.45) is 2.96. The summed E-state index contributed by atoms with van der Waals surface area (Å²) >= 11 is 0. The van der Waals surface area contributed by atoms with Gasteiger partial charge in [0.05, 0.1) is 35.5 Å². The van der Waals surface area contributed by atoms with Crippen LogP contribution in [0.15, 0.2) is 109 Å². The van der Waals surface area contributed by atoms with Gasteiger partial charge in [-0.2, -0.15) is 5.01 Å². The average molecular weight is 712 g/mol. The molecule has 0 spiro atoms. The number of hydrazine groups is 1. The Kier molecular flexibility index (Phi) is 8.55. The summed E-state index contributed by atoms with van der Waals surface area (Å²) in [7, 11) is 0. The highest BCUT2D eigenvalue weighted by molar-refractivity contribution is 6.13. The molecule has 3 N–H and O–H groups in total. The molecule has 2 heterocycles. The zero-order valence-corrected chi connectivity index (χ0v) is 29.6. The Labute approximate surface area is 307 Å². The number of aromatic hydroxyl groups is 2. The SMILES string of the molecule is CCOc1cc([C@H]2C3=CC[C@@H]4C(=O)N(CCc5ccc(O)cc5)C(=O)[C@@H]4[C@@H]3C[C@H]3C(=O)N(Nc4ccc(C)cc4)C(=O)[C@@]23c2ccccc2)ccc1O. The number of likely N-dealkylation sites (tertiary alicyclic amines) is 1. The molecule has 2 saturated heterocycles. The van der Waals surface area contributed by atoms with E-state index in [0.717, 1.165) is 21.7 Å². The number of anilines is 1. The van der Waals surface area contributed by atoms with Gasteiger partial charge < -0.3 is 14.9 Å². The Hall–Kier alpha value is -5.90. The smallest absolute Gasteiger partial charge is 0.260 e. The van der Waals surface area contributed by atoms with Crippen LogP contribution in [0, 0.1) is 30.6 Å². The largest absolute Gasteiger partial charge is 0.508 e. The van der Waals surface area contributed by atoms with Gasteiger partial charge in [-0.25, -0.2) is 0 Å². The van der Waals surface area contributed by atoms with Crippen molar-refractivity contribution >= 4 is 29.3 Å². The number of nitrogens with one attached hydrogen (secondary N) is 1. The maximum atomic E-state index is 15.3. The van der Waals surface area contributed by atoms with Gasteiger partial charge >= 0.3 is 0 Å². The number of imide groups is 2. The van der Waals surface area contributed by atoms with Gasteiger partial charge in [0.1, 0.15) is 5.75 Å². The highest BCUT2D eigenvalue weighted by Gasteiger charge is 2.70. The number of carbonyl (C=O) groups excluding carboxylic acids is 4. The predicted molar refractivity (Wildman–Crippen MR) is 197 cm³/mol. The first-order chi connectivity index (χ1) is 25.6. The van der Waals surface area contributed by atoms with E-state index in [2.05, 4.69) is 5.43 Å². The van der Waals surface area contributed by atoms with Crippen LogP contribution in [0.3, 0.4) is 0 Å². The quantitative estimate of drug-likeness (QED) is 0.142. The van der Waals surface area contributed by atoms with E-state index in [1.165, 1.54) is 4.90 Å². The minimum absolute atomic E-state index is 0.0525. The molecule has 6 atom stereocenters. The summed E-state index contributed by atoms with van der Waals surface area (Å²) in [5, 5.41) is 21.6. The molecule has 4 amide bonds. The zero-order chi connectivity index (χ0) is 37.0. The van der Waals surface area contributed by atoms with E-state index < -0.39 is 46.8 Å². The summed E-state index contributed by atoms with van der Waals surface area (Å²) in [4.78, 5) is 59.9. The highest BCUT2D eigenvalue weighted by Crippen LogP contribution is 2.64. The van der Waals surface area contributed by atoms with Crippen LogP contribution in [-0.2, 0) is 31.0 Å². The highest BCUT2D eigenvalue weighted by atomic mass is 16.5. The molecule has 1 saturated carbocycles. The summed E-state index contributed by atoms with van der Waals surface area (Å²) in [6, 6.07) is 28.5. The minimum atomic E-state index is -1.42. The van der Waals surface area contributed by atoms with E-state index in [0.29, 0.717) is 36.3 Å². The second kappa shape index (κ2) is 13.3. The fourth-order valence-corrected chi connectivity index (χ4v) is 9.29. The number of fused-ring (bicyclic) bond motifs is 4. The Morgan fingerprint density at radius 1 is 0.849 bits per heavy atom. The number of hydrogen-bond donors (Lipinski definition) is 3. The third kappa shape index (κ3) is 5.46. The molecule has 3 fully saturated rings. The van der Waals surface area contributed by atoms with E-state index in [9.17, 15) is 24.6 Å². The summed E-state index contributed by atoms with van der Waals surface area (Å²) < 4.78 is 5.83. The van der Waals surface area contributed by atoms with Gasteiger partial charge in [0, 0.05) is 12.5 Å². The lowest BCUT2D eigenvalue weighted by Gasteiger charge is -2.50. The van der Waals surface area contributed by atoms with Crippen molar-refractivity contribution in [3.8, 4) is 17.2 Å². The molecule has 4 aromatic rings. The molecule has 0 unspecified atom stereocenters. The van der Waals surface area contributed by atoms with Crippen LogP contribution in [0.25, 0.3) is 0 Å². The van der Waals surface area contributed by atoms with Crippen molar-refractivity contribution in [3.05, 3.63) is 131 Å². The van der Waals surface area contributed by atoms with Gasteiger partial charge in [-0.3, -0.25) is 29.5 Å². The molecule has 2 aliphatic carbocycles. The number of phenolic OH excluding ortho intramolecular Hbond substituents is 2. The summed E-state index contributed by atoms with van der Waals surface area (Å²) in [5.74, 6) is -4.41. The molecule has 10 heteroatoms. The molecule has 53 heavy (non-hydrogen) atoms. The maximum absolute atomic E-state index is 15.3. The molecule has 0 aromatic heterocycles. The van der Waals surface area contributed by atoms with Gasteiger partial charge in [0.25, 0.3) is 11.8 Å². The van der Waals surface area contributed by atoms with Crippen LogP contribution in [-0.4, -0.2) is 56.9 Å². The number of allylic oxidation sites excluding steroid dienone is 2. The summed E-state index contributed by atoms with van der Waals surface area (Å²) in [6.45, 7) is 4.27. The minimum Gasteiger partial charge on any atom is -0.508 e. The van der Waals surface area contributed by atoms with Crippen molar-refractivity contribution in [2.24, 2.45) is 23.7 Å². The molecule has 2 aliphatic heterocycles. The average Bonchev–Trinajstić information content (AvgIpc) is 3.54. The first kappa shape index (κ1) is 34.2. The van der Waals surface area contributed by atoms with Crippen molar-refractivity contribution in [2.75, 3.05) is 18.6 Å². The molecule has 4 aromatic carbocycles. The van der Waals surface area contributed by atoms with Gasteiger partial charge in [0.2, 0.25) is 11.8 Å². The second-order valence-electron chi connectivity index (χ2n) is 14.5. The van der Waals surface area contributed by atoms with E-state index in [-0.39, 0.29) is 42.0 Å². The Bertz CT molecular complexity index is 2130. The molecule has 0 radical (unpaired) electrons. The second-order valence-corrected chi connectivity index (χ2v) is 14.5. The molecule has 10 nitrogen and oxygen atoms in total. The number of carbonyl (C=O) groups is 4. The first-order valence-electron chi connectivity index (χ1n) is 18.2. The van der Waals surface area contributed by atoms with Crippen LogP contribution in [0.5, 0.6) is 17.2 Å². The van der Waals surface area contributed by atoms with Crippen molar-refractivity contribution in [3.63, 3.8) is 0 Å². The van der Waals surface area contributed by atoms with Gasteiger partial charge in [0.15, 0.2) is 11.5 Å². The number of nitrogens with zero attached hydrogens (tertiary/aromatic N) is 2. The molecule has 0 bridgehead atoms. The normalized spacial score (nSPS) is 26.2. The number of ether oxygens (including phenoxy) is 1. The maximum Gasteiger partial charge on any atom is 0.260 e. The first-order valence-corrected chi connectivity index (χ1v) is 18.2. The van der Waals surface area contributed by atoms with E-state index in [1.807, 2.05) is 74.5 Å². The van der Waals surface area contributed by atoms with Crippen molar-refractivity contribution in [1.82, 2.24) is 9.91 Å². The molecule has 270 valence electrons. The predicted octanol–water partition coefficient (Wildman–Crippen LogP) is 6.03. The number of phenols is 2. The van der Waals surface area contributed by atoms with Crippen molar-refractivity contribution < 1.29 is 34.1 Å². The van der Waals surface area contributed by atoms with Crippen LogP contribution in [0.4, 0.5) is 5.69 Å². The molecule has 8 rings (SSSR count). The number of benzene rings is 4. The molecule has 4 aliphatic rings. The Morgan fingerprint density at radius 3 is 2.30 bits per heavy atom. The third-order valence-electron chi connectivity index (χ3n) is 11.7. The number of rotatable bonds is 9. The van der Waals surface area contributed by atoms with Crippen molar-refractivity contribution in [2.45, 2.75) is 44.4 Å². The van der Waals surface area contributed by atoms with Crippen LogP contribution in [0.1, 0.15) is 47.9 Å². The van der Waals surface area contributed by atoms with E-state index in [4.69, 9.17) is 4.74 Å². The summed E-state index contributed by atoms with van der Waals surface area (Å²) in [5.41, 5.74) is 6.35. The lowest BCUT2D eigenvalue weighted by Crippen LogP contribution is -2.53. The lowest BCUT2D eigenvalue weighted by molar-refractivity contribution is -0.141. The monoisotopic (exact) mass is 711 g/mol. The van der Waals surface area contributed by atoms with Crippen LogP contribution >= 0.6 is 0 Å². The van der Waals surface area contributed by atoms with Crippen LogP contribution < -0.4 is 10.2 Å². The number of amides is 4. The fourth-order valence-electron chi connectivity index (χ4n) is 9.29. The van der Waals surface area contributed by atoms with E-state index >= 15 is 4.79 Å². The van der Waals surface area contributed by atoms with Gasteiger partial charge in [-0.15, -0.1) is 0 Å². The topological polar surface area (TPSA) is 136 Å². The van der Waals surface area contributed by atoms with Gasteiger partial charge in [-0.05, 0) is 92.1 Å². The molecular weight excluding hydrogens is 670 g/mol.